The van der Waals surface area contributed by atoms with Crippen LogP contribution in [-0.4, -0.2) is 32.8 Å². The first-order valence-electron chi connectivity index (χ1n) is 6.31. The molecule has 0 aromatic heterocycles. The molecular weight excluding hydrogens is 188 g/mol. The van der Waals surface area contributed by atoms with E-state index in [0.29, 0.717) is 0 Å². The summed E-state index contributed by atoms with van der Waals surface area (Å²) in [5.74, 6) is 1.54. The van der Waals surface area contributed by atoms with Gasteiger partial charge in [0.15, 0.2) is 0 Å². The van der Waals surface area contributed by atoms with Crippen LogP contribution in [0.4, 0.5) is 0 Å². The van der Waals surface area contributed by atoms with Gasteiger partial charge in [-0.15, -0.1) is 0 Å². The number of rotatable bonds is 8. The fraction of sp³-hybridized carbons (Fsp3) is 1.00. The zero-order chi connectivity index (χ0) is 10.9. The fourth-order valence-electron chi connectivity index (χ4n) is 2.05. The topological polar surface area (TPSA) is 47.3 Å². The molecule has 3 nitrogen and oxygen atoms in total. The van der Waals surface area contributed by atoms with Crippen molar-refractivity contribution in [1.82, 2.24) is 5.32 Å². The molecule has 0 aromatic carbocycles. The average molecular weight is 214 g/mol. The van der Waals surface area contributed by atoms with Gasteiger partial charge in [-0.1, -0.05) is 6.92 Å². The van der Waals surface area contributed by atoms with Gasteiger partial charge >= 0.3 is 0 Å². The summed E-state index contributed by atoms with van der Waals surface area (Å²) in [6.45, 7) is 7.30. The van der Waals surface area contributed by atoms with Crippen molar-refractivity contribution in [3.63, 3.8) is 0 Å². The Morgan fingerprint density at radius 1 is 1.47 bits per heavy atom. The van der Waals surface area contributed by atoms with Crippen molar-refractivity contribution in [3.05, 3.63) is 0 Å². The molecule has 1 heterocycles. The third-order valence-electron chi connectivity index (χ3n) is 3.17. The molecule has 2 atom stereocenters. The first-order valence-corrected chi connectivity index (χ1v) is 6.31. The Hall–Kier alpha value is -0.120. The van der Waals surface area contributed by atoms with E-state index >= 15 is 0 Å². The summed E-state index contributed by atoms with van der Waals surface area (Å²) < 4.78 is 5.33. The maximum Gasteiger partial charge on any atom is 0.0507 e. The van der Waals surface area contributed by atoms with Crippen LogP contribution in [-0.2, 0) is 4.74 Å². The SMILES string of the molecule is CC(CCN)CCCNCC1CCOC1. The molecule has 90 valence electrons. The summed E-state index contributed by atoms with van der Waals surface area (Å²) in [6, 6.07) is 0. The summed E-state index contributed by atoms with van der Waals surface area (Å²) in [5.41, 5.74) is 5.51. The molecule has 3 N–H and O–H groups in total. The first kappa shape index (κ1) is 12.9. The van der Waals surface area contributed by atoms with Crippen molar-refractivity contribution in [1.29, 1.82) is 0 Å². The lowest BCUT2D eigenvalue weighted by atomic mass is 10.0. The van der Waals surface area contributed by atoms with Gasteiger partial charge in [-0.2, -0.15) is 0 Å². The second-order valence-corrected chi connectivity index (χ2v) is 4.76. The second kappa shape index (κ2) is 8.08. The third kappa shape index (κ3) is 6.13. The number of ether oxygens (including phenoxy) is 1. The van der Waals surface area contributed by atoms with Gasteiger partial charge in [0, 0.05) is 13.2 Å². The van der Waals surface area contributed by atoms with Gasteiger partial charge in [0.05, 0.1) is 6.61 Å². The number of nitrogens with one attached hydrogen (secondary N) is 1. The average Bonchev–Trinajstić information content (AvgIpc) is 2.70. The highest BCUT2D eigenvalue weighted by Gasteiger charge is 2.14. The van der Waals surface area contributed by atoms with E-state index in [4.69, 9.17) is 10.5 Å². The van der Waals surface area contributed by atoms with Gasteiger partial charge in [-0.05, 0) is 50.6 Å². The number of nitrogens with two attached hydrogens (primary N) is 1. The van der Waals surface area contributed by atoms with Crippen LogP contribution in [0.5, 0.6) is 0 Å². The Bertz CT molecular complexity index is 147. The van der Waals surface area contributed by atoms with Crippen LogP contribution in [0.15, 0.2) is 0 Å². The van der Waals surface area contributed by atoms with Crippen LogP contribution < -0.4 is 11.1 Å². The highest BCUT2D eigenvalue weighted by molar-refractivity contribution is 4.66. The fourth-order valence-corrected chi connectivity index (χ4v) is 2.05. The second-order valence-electron chi connectivity index (χ2n) is 4.76. The molecule has 0 spiro atoms. The van der Waals surface area contributed by atoms with Gasteiger partial charge in [-0.25, -0.2) is 0 Å². The summed E-state index contributed by atoms with van der Waals surface area (Å²) in [5, 5.41) is 3.51. The van der Waals surface area contributed by atoms with Crippen molar-refractivity contribution in [2.45, 2.75) is 32.6 Å². The van der Waals surface area contributed by atoms with Crippen molar-refractivity contribution in [2.24, 2.45) is 17.6 Å². The van der Waals surface area contributed by atoms with E-state index in [0.717, 1.165) is 51.1 Å². The zero-order valence-corrected chi connectivity index (χ0v) is 10.0. The van der Waals surface area contributed by atoms with Gasteiger partial charge in [0.1, 0.15) is 0 Å². The highest BCUT2D eigenvalue weighted by Crippen LogP contribution is 2.11. The van der Waals surface area contributed by atoms with Crippen LogP contribution >= 0.6 is 0 Å². The van der Waals surface area contributed by atoms with Gasteiger partial charge in [-0.3, -0.25) is 0 Å². The Balaban J connectivity index is 1.84. The van der Waals surface area contributed by atoms with E-state index in [2.05, 4.69) is 12.2 Å². The van der Waals surface area contributed by atoms with Crippen LogP contribution in [0.25, 0.3) is 0 Å². The molecule has 0 aliphatic carbocycles. The van der Waals surface area contributed by atoms with Crippen molar-refractivity contribution >= 4 is 0 Å². The summed E-state index contributed by atoms with van der Waals surface area (Å²) in [4.78, 5) is 0. The zero-order valence-electron chi connectivity index (χ0n) is 10.0. The van der Waals surface area contributed by atoms with E-state index in [-0.39, 0.29) is 0 Å². The van der Waals surface area contributed by atoms with Crippen LogP contribution in [0.2, 0.25) is 0 Å². The minimum atomic E-state index is 0.756. The monoisotopic (exact) mass is 214 g/mol. The Kier molecular flexibility index (Phi) is 6.98. The maximum absolute atomic E-state index is 5.51. The first-order chi connectivity index (χ1) is 7.33. The minimum Gasteiger partial charge on any atom is -0.381 e. The lowest BCUT2D eigenvalue weighted by Gasteiger charge is -2.11. The quantitative estimate of drug-likeness (QED) is 0.600. The summed E-state index contributed by atoms with van der Waals surface area (Å²) in [7, 11) is 0. The van der Waals surface area contributed by atoms with Gasteiger partial charge in [0.2, 0.25) is 0 Å². The van der Waals surface area contributed by atoms with E-state index in [9.17, 15) is 0 Å². The minimum absolute atomic E-state index is 0.756. The standard InChI is InChI=1S/C12H26N2O/c1-11(4-6-13)3-2-7-14-9-12-5-8-15-10-12/h11-12,14H,2-10,13H2,1H3. The lowest BCUT2D eigenvalue weighted by Crippen LogP contribution is -2.24. The molecule has 1 fully saturated rings. The van der Waals surface area contributed by atoms with Gasteiger partial charge in [0.25, 0.3) is 0 Å². The lowest BCUT2D eigenvalue weighted by molar-refractivity contribution is 0.185. The largest absolute Gasteiger partial charge is 0.381 e. The Labute approximate surface area is 93.8 Å². The molecule has 1 saturated heterocycles. The normalized spacial score (nSPS) is 23.2. The molecule has 1 aliphatic rings. The van der Waals surface area contributed by atoms with Crippen LogP contribution in [0.1, 0.15) is 32.6 Å². The molecule has 0 aromatic rings. The smallest absolute Gasteiger partial charge is 0.0507 e. The third-order valence-corrected chi connectivity index (χ3v) is 3.17. The molecule has 1 aliphatic heterocycles. The molecule has 1 rings (SSSR count). The van der Waals surface area contributed by atoms with Crippen LogP contribution in [0.3, 0.4) is 0 Å². The highest BCUT2D eigenvalue weighted by atomic mass is 16.5. The summed E-state index contributed by atoms with van der Waals surface area (Å²) in [6.07, 6.45) is 4.97. The van der Waals surface area contributed by atoms with E-state index in [1.54, 1.807) is 0 Å². The van der Waals surface area contributed by atoms with E-state index < -0.39 is 0 Å². The van der Waals surface area contributed by atoms with E-state index in [1.807, 2.05) is 0 Å². The Morgan fingerprint density at radius 2 is 2.33 bits per heavy atom. The van der Waals surface area contributed by atoms with Crippen molar-refractivity contribution in [3.8, 4) is 0 Å². The number of hydrogen-bond acceptors (Lipinski definition) is 3. The predicted octanol–water partition coefficient (Wildman–Crippen LogP) is 1.38. The van der Waals surface area contributed by atoms with Crippen LogP contribution in [0, 0.1) is 11.8 Å². The van der Waals surface area contributed by atoms with Crippen molar-refractivity contribution < 1.29 is 4.74 Å². The van der Waals surface area contributed by atoms with Crippen molar-refractivity contribution in [2.75, 3.05) is 32.8 Å². The molecule has 0 bridgehead atoms. The van der Waals surface area contributed by atoms with Gasteiger partial charge < -0.3 is 15.8 Å². The predicted molar refractivity (Wildman–Crippen MR) is 63.9 cm³/mol. The molecule has 0 radical (unpaired) electrons. The Morgan fingerprint density at radius 3 is 3.00 bits per heavy atom. The molecule has 0 saturated carbocycles. The molecule has 15 heavy (non-hydrogen) atoms. The van der Waals surface area contributed by atoms with E-state index in [1.165, 1.54) is 19.3 Å². The molecule has 2 unspecified atom stereocenters. The molecule has 3 heteroatoms. The number of hydrogen-bond donors (Lipinski definition) is 2. The molecular formula is C12H26N2O. The molecule has 0 amide bonds. The maximum atomic E-state index is 5.51. The summed E-state index contributed by atoms with van der Waals surface area (Å²) >= 11 is 0.